The molecule has 1 aromatic carbocycles. The molecular formula is C11H13ClN2O. The SMILES string of the molecule is CC(C)(CO)c1cccc2c(Cl)[nH]nc12. The Bertz CT molecular complexity index is 490. The van der Waals surface area contributed by atoms with Gasteiger partial charge in [0.25, 0.3) is 0 Å². The molecule has 3 nitrogen and oxygen atoms in total. The largest absolute Gasteiger partial charge is 0.395 e. The molecule has 2 aromatic rings. The molecule has 1 heterocycles. The fourth-order valence-corrected chi connectivity index (χ4v) is 1.83. The monoisotopic (exact) mass is 224 g/mol. The third-order valence-corrected chi connectivity index (χ3v) is 2.95. The lowest BCUT2D eigenvalue weighted by Gasteiger charge is -2.22. The average Bonchev–Trinajstić information content (AvgIpc) is 2.60. The van der Waals surface area contributed by atoms with Crippen LogP contribution in [0.2, 0.25) is 5.15 Å². The molecule has 0 amide bonds. The molecule has 0 aliphatic rings. The summed E-state index contributed by atoms with van der Waals surface area (Å²) in [5.74, 6) is 0. The smallest absolute Gasteiger partial charge is 0.132 e. The van der Waals surface area contributed by atoms with Gasteiger partial charge in [0.15, 0.2) is 0 Å². The van der Waals surface area contributed by atoms with Gasteiger partial charge in [0.2, 0.25) is 0 Å². The van der Waals surface area contributed by atoms with Crippen molar-refractivity contribution in [2.24, 2.45) is 0 Å². The molecule has 15 heavy (non-hydrogen) atoms. The molecule has 0 atom stereocenters. The maximum atomic E-state index is 9.34. The Morgan fingerprint density at radius 2 is 2.20 bits per heavy atom. The van der Waals surface area contributed by atoms with Crippen molar-refractivity contribution in [3.05, 3.63) is 28.9 Å². The maximum absolute atomic E-state index is 9.34. The topological polar surface area (TPSA) is 48.9 Å². The molecule has 0 saturated carbocycles. The molecule has 0 radical (unpaired) electrons. The minimum atomic E-state index is -0.308. The van der Waals surface area contributed by atoms with Crippen molar-refractivity contribution in [3.63, 3.8) is 0 Å². The standard InChI is InChI=1S/C11H13ClN2O/c1-11(2,6-15)8-5-3-4-7-9(8)13-14-10(7)12/h3-5,15H,6H2,1-2H3,(H,13,14). The highest BCUT2D eigenvalue weighted by Crippen LogP contribution is 2.31. The first-order valence-corrected chi connectivity index (χ1v) is 5.18. The maximum Gasteiger partial charge on any atom is 0.132 e. The normalized spacial score (nSPS) is 12.3. The van der Waals surface area contributed by atoms with Crippen LogP contribution in [-0.4, -0.2) is 21.9 Å². The van der Waals surface area contributed by atoms with Crippen molar-refractivity contribution in [2.45, 2.75) is 19.3 Å². The quantitative estimate of drug-likeness (QED) is 0.824. The molecule has 0 aliphatic heterocycles. The molecule has 0 saturated heterocycles. The Morgan fingerprint density at radius 3 is 2.87 bits per heavy atom. The van der Waals surface area contributed by atoms with Crippen molar-refractivity contribution < 1.29 is 5.11 Å². The first-order chi connectivity index (χ1) is 7.06. The van der Waals surface area contributed by atoms with Crippen LogP contribution in [0.25, 0.3) is 10.9 Å². The van der Waals surface area contributed by atoms with Crippen LogP contribution < -0.4 is 0 Å². The highest BCUT2D eigenvalue weighted by molar-refractivity contribution is 6.34. The number of halogens is 1. The minimum Gasteiger partial charge on any atom is -0.395 e. The molecule has 80 valence electrons. The molecule has 0 spiro atoms. The number of hydrogen-bond acceptors (Lipinski definition) is 2. The Balaban J connectivity index is 2.71. The van der Waals surface area contributed by atoms with E-state index in [1.807, 2.05) is 32.0 Å². The Morgan fingerprint density at radius 1 is 1.47 bits per heavy atom. The number of benzene rings is 1. The first kappa shape index (κ1) is 10.5. The summed E-state index contributed by atoms with van der Waals surface area (Å²) >= 11 is 5.96. The van der Waals surface area contributed by atoms with Crippen LogP contribution in [0.5, 0.6) is 0 Å². The van der Waals surface area contributed by atoms with E-state index in [4.69, 9.17) is 11.6 Å². The first-order valence-electron chi connectivity index (χ1n) is 4.80. The summed E-state index contributed by atoms with van der Waals surface area (Å²) in [6.07, 6.45) is 0. The lowest BCUT2D eigenvalue weighted by molar-refractivity contribution is 0.219. The van der Waals surface area contributed by atoms with Gasteiger partial charge in [-0.3, -0.25) is 5.10 Å². The van der Waals surface area contributed by atoms with Crippen molar-refractivity contribution in [1.82, 2.24) is 10.2 Å². The summed E-state index contributed by atoms with van der Waals surface area (Å²) in [7, 11) is 0. The second-order valence-electron chi connectivity index (χ2n) is 4.28. The van der Waals surface area contributed by atoms with Gasteiger partial charge in [-0.25, -0.2) is 0 Å². The van der Waals surface area contributed by atoms with Gasteiger partial charge < -0.3 is 5.11 Å². The highest BCUT2D eigenvalue weighted by Gasteiger charge is 2.23. The number of hydrogen-bond donors (Lipinski definition) is 2. The molecule has 0 fully saturated rings. The number of rotatable bonds is 2. The molecule has 0 bridgehead atoms. The number of aromatic amines is 1. The molecular weight excluding hydrogens is 212 g/mol. The highest BCUT2D eigenvalue weighted by atomic mass is 35.5. The van der Waals surface area contributed by atoms with E-state index in [1.54, 1.807) is 0 Å². The summed E-state index contributed by atoms with van der Waals surface area (Å²) in [5, 5.41) is 17.7. The van der Waals surface area contributed by atoms with Gasteiger partial charge in [0.05, 0.1) is 12.1 Å². The van der Waals surface area contributed by atoms with Gasteiger partial charge in [0.1, 0.15) is 5.15 Å². The number of para-hydroxylation sites is 1. The molecule has 1 aromatic heterocycles. The van der Waals surface area contributed by atoms with Crippen LogP contribution >= 0.6 is 11.6 Å². The van der Waals surface area contributed by atoms with Crippen molar-refractivity contribution in [1.29, 1.82) is 0 Å². The van der Waals surface area contributed by atoms with E-state index in [-0.39, 0.29) is 12.0 Å². The fraction of sp³-hybridized carbons (Fsp3) is 0.364. The Labute approximate surface area is 93.1 Å². The summed E-state index contributed by atoms with van der Waals surface area (Å²) < 4.78 is 0. The van der Waals surface area contributed by atoms with Crippen LogP contribution in [0.3, 0.4) is 0 Å². The van der Waals surface area contributed by atoms with Crippen molar-refractivity contribution in [2.75, 3.05) is 6.61 Å². The van der Waals surface area contributed by atoms with Crippen LogP contribution in [0.4, 0.5) is 0 Å². The van der Waals surface area contributed by atoms with Gasteiger partial charge in [0, 0.05) is 10.8 Å². The number of H-pyrrole nitrogens is 1. The van der Waals surface area contributed by atoms with Crippen LogP contribution in [0.1, 0.15) is 19.4 Å². The molecule has 4 heteroatoms. The van der Waals surface area contributed by atoms with E-state index in [1.165, 1.54) is 0 Å². The molecule has 2 N–H and O–H groups in total. The van der Waals surface area contributed by atoms with E-state index >= 15 is 0 Å². The van der Waals surface area contributed by atoms with Gasteiger partial charge in [-0.05, 0) is 11.6 Å². The summed E-state index contributed by atoms with van der Waals surface area (Å²) in [6.45, 7) is 4.03. The molecule has 0 aliphatic carbocycles. The van der Waals surface area contributed by atoms with E-state index < -0.39 is 0 Å². The van der Waals surface area contributed by atoms with Crippen LogP contribution in [-0.2, 0) is 5.41 Å². The zero-order valence-corrected chi connectivity index (χ0v) is 9.47. The van der Waals surface area contributed by atoms with E-state index in [0.29, 0.717) is 5.15 Å². The fourth-order valence-electron chi connectivity index (χ4n) is 1.64. The Kier molecular flexibility index (Phi) is 2.44. The summed E-state index contributed by atoms with van der Waals surface area (Å²) in [5.41, 5.74) is 1.53. The Hall–Kier alpha value is -1.06. The second kappa shape index (κ2) is 3.51. The lowest BCUT2D eigenvalue weighted by atomic mass is 9.84. The van der Waals surface area contributed by atoms with Crippen molar-refractivity contribution in [3.8, 4) is 0 Å². The van der Waals surface area contributed by atoms with Gasteiger partial charge in [-0.2, -0.15) is 5.10 Å². The van der Waals surface area contributed by atoms with Gasteiger partial charge in [-0.1, -0.05) is 37.6 Å². The van der Waals surface area contributed by atoms with Crippen LogP contribution in [0, 0.1) is 0 Å². The van der Waals surface area contributed by atoms with E-state index in [0.717, 1.165) is 16.5 Å². The summed E-state index contributed by atoms with van der Waals surface area (Å²) in [6, 6.07) is 5.81. The minimum absolute atomic E-state index is 0.0800. The predicted molar refractivity (Wildman–Crippen MR) is 61.2 cm³/mol. The number of aliphatic hydroxyl groups is 1. The second-order valence-corrected chi connectivity index (χ2v) is 4.66. The van der Waals surface area contributed by atoms with Crippen LogP contribution in [0.15, 0.2) is 18.2 Å². The van der Waals surface area contributed by atoms with E-state index in [2.05, 4.69) is 10.2 Å². The number of aromatic nitrogens is 2. The van der Waals surface area contributed by atoms with Crippen molar-refractivity contribution >= 4 is 22.5 Å². The molecule has 0 unspecified atom stereocenters. The van der Waals surface area contributed by atoms with Gasteiger partial charge in [-0.15, -0.1) is 0 Å². The van der Waals surface area contributed by atoms with Gasteiger partial charge >= 0.3 is 0 Å². The zero-order chi connectivity index (χ0) is 11.1. The zero-order valence-electron chi connectivity index (χ0n) is 8.71. The predicted octanol–water partition coefficient (Wildman–Crippen LogP) is 2.49. The number of aliphatic hydroxyl groups excluding tert-OH is 1. The number of fused-ring (bicyclic) bond motifs is 1. The third kappa shape index (κ3) is 1.62. The lowest BCUT2D eigenvalue weighted by Crippen LogP contribution is -2.22. The van der Waals surface area contributed by atoms with E-state index in [9.17, 15) is 5.11 Å². The number of nitrogens with zero attached hydrogens (tertiary/aromatic N) is 1. The average molecular weight is 225 g/mol. The summed E-state index contributed by atoms with van der Waals surface area (Å²) in [4.78, 5) is 0. The molecule has 2 rings (SSSR count). The number of nitrogens with one attached hydrogen (secondary N) is 1. The third-order valence-electron chi connectivity index (χ3n) is 2.66.